The predicted molar refractivity (Wildman–Crippen MR) is 69.0 cm³/mol. The molecule has 0 spiro atoms. The lowest BCUT2D eigenvalue weighted by atomic mass is 10.0. The van der Waals surface area contributed by atoms with Crippen molar-refractivity contribution >= 4 is 17.6 Å². The number of carboxylic acids is 1. The summed E-state index contributed by atoms with van der Waals surface area (Å²) < 4.78 is 13.2. The molecule has 1 aliphatic rings. The van der Waals surface area contributed by atoms with E-state index in [9.17, 15) is 24.1 Å². The molecule has 7 nitrogen and oxygen atoms in total. The van der Waals surface area contributed by atoms with Gasteiger partial charge in [-0.3, -0.25) is 14.9 Å². The van der Waals surface area contributed by atoms with Crippen LogP contribution in [0.5, 0.6) is 0 Å². The molecule has 0 saturated heterocycles. The summed E-state index contributed by atoms with van der Waals surface area (Å²) in [5.41, 5.74) is -0.447. The zero-order valence-corrected chi connectivity index (χ0v) is 10.9. The molecule has 1 atom stereocenters. The molecule has 0 heterocycles. The highest BCUT2D eigenvalue weighted by atomic mass is 19.1. The molecule has 0 unspecified atom stereocenters. The van der Waals surface area contributed by atoms with E-state index in [1.807, 2.05) is 0 Å². The molecule has 0 aromatic heterocycles. The van der Waals surface area contributed by atoms with Gasteiger partial charge in [-0.1, -0.05) is 6.07 Å². The highest BCUT2D eigenvalue weighted by Gasteiger charge is 2.32. The van der Waals surface area contributed by atoms with Crippen LogP contribution >= 0.6 is 0 Å². The average Bonchev–Trinajstić information content (AvgIpc) is 3.23. The zero-order chi connectivity index (χ0) is 15.6. The lowest BCUT2D eigenvalue weighted by Crippen LogP contribution is -2.43. The van der Waals surface area contributed by atoms with Gasteiger partial charge < -0.3 is 10.4 Å². The number of carbonyl (C=O) groups is 2. The maximum atomic E-state index is 13.2. The van der Waals surface area contributed by atoms with Gasteiger partial charge in [0.15, 0.2) is 0 Å². The van der Waals surface area contributed by atoms with Crippen LogP contribution in [0.1, 0.15) is 18.4 Å². The van der Waals surface area contributed by atoms with Crippen molar-refractivity contribution in [3.63, 3.8) is 0 Å². The highest BCUT2D eigenvalue weighted by molar-refractivity contribution is 5.86. The number of amides is 1. The van der Waals surface area contributed by atoms with E-state index in [0.29, 0.717) is 0 Å². The minimum Gasteiger partial charge on any atom is -0.480 e. The molecule has 2 N–H and O–H groups in total. The molecule has 0 bridgehead atoms. The zero-order valence-electron chi connectivity index (χ0n) is 10.9. The number of carbonyl (C=O) groups excluding carboxylic acids is 1. The second-order valence-corrected chi connectivity index (χ2v) is 4.92. The Morgan fingerprint density at radius 3 is 2.67 bits per heavy atom. The minimum absolute atomic E-state index is 0.144. The van der Waals surface area contributed by atoms with Gasteiger partial charge >= 0.3 is 11.7 Å². The Morgan fingerprint density at radius 1 is 1.48 bits per heavy atom. The second kappa shape index (κ2) is 5.86. The number of nitrogens with zero attached hydrogens (tertiary/aromatic N) is 1. The average molecular weight is 296 g/mol. The SMILES string of the molecule is O=C(N[C@H](Cc1ccc(F)c([N+](=O)[O-])c1)C(=O)O)C1CC1. The molecule has 1 fully saturated rings. The van der Waals surface area contributed by atoms with Crippen LogP contribution in [0.15, 0.2) is 18.2 Å². The Hall–Kier alpha value is -2.51. The smallest absolute Gasteiger partial charge is 0.326 e. The summed E-state index contributed by atoms with van der Waals surface area (Å²) in [6.07, 6.45) is 1.33. The number of halogens is 1. The minimum atomic E-state index is -1.24. The first-order valence-corrected chi connectivity index (χ1v) is 6.34. The highest BCUT2D eigenvalue weighted by Crippen LogP contribution is 2.29. The number of benzene rings is 1. The van der Waals surface area contributed by atoms with Crippen LogP contribution < -0.4 is 5.32 Å². The fraction of sp³-hybridized carbons (Fsp3) is 0.385. The van der Waals surface area contributed by atoms with E-state index in [0.717, 1.165) is 25.0 Å². The molecule has 0 radical (unpaired) electrons. The third-order valence-electron chi connectivity index (χ3n) is 3.21. The van der Waals surface area contributed by atoms with Gasteiger partial charge in [0, 0.05) is 18.4 Å². The lowest BCUT2D eigenvalue weighted by Gasteiger charge is -2.14. The molecule has 8 heteroatoms. The van der Waals surface area contributed by atoms with Gasteiger partial charge in [-0.25, -0.2) is 4.79 Å². The van der Waals surface area contributed by atoms with Crippen LogP contribution in [0.25, 0.3) is 0 Å². The van der Waals surface area contributed by atoms with Gasteiger partial charge in [-0.05, 0) is 24.5 Å². The molecule has 1 amide bonds. The van der Waals surface area contributed by atoms with E-state index in [-0.39, 0.29) is 23.8 Å². The van der Waals surface area contributed by atoms with Crippen molar-refractivity contribution in [2.75, 3.05) is 0 Å². The Morgan fingerprint density at radius 2 is 2.14 bits per heavy atom. The van der Waals surface area contributed by atoms with E-state index in [2.05, 4.69) is 5.32 Å². The van der Waals surface area contributed by atoms with Crippen LogP contribution in [-0.4, -0.2) is 27.9 Å². The van der Waals surface area contributed by atoms with Crippen molar-refractivity contribution in [2.45, 2.75) is 25.3 Å². The van der Waals surface area contributed by atoms with Gasteiger partial charge in [-0.2, -0.15) is 4.39 Å². The fourth-order valence-electron chi connectivity index (χ4n) is 1.90. The van der Waals surface area contributed by atoms with Crippen LogP contribution in [0, 0.1) is 21.8 Å². The van der Waals surface area contributed by atoms with E-state index >= 15 is 0 Å². The molecular formula is C13H13FN2O5. The van der Waals surface area contributed by atoms with Crippen molar-refractivity contribution in [1.29, 1.82) is 0 Å². The van der Waals surface area contributed by atoms with Crippen molar-refractivity contribution in [1.82, 2.24) is 5.32 Å². The molecule has 1 saturated carbocycles. The fourth-order valence-corrected chi connectivity index (χ4v) is 1.90. The van der Waals surface area contributed by atoms with Crippen LogP contribution in [0.3, 0.4) is 0 Å². The molecule has 1 aliphatic carbocycles. The molecule has 1 aromatic rings. The Kier molecular flexibility index (Phi) is 4.15. The van der Waals surface area contributed by atoms with E-state index < -0.39 is 28.4 Å². The maximum Gasteiger partial charge on any atom is 0.326 e. The number of nitrogens with one attached hydrogen (secondary N) is 1. The molecule has 112 valence electrons. The number of rotatable bonds is 6. The normalized spacial score (nSPS) is 15.3. The maximum absolute atomic E-state index is 13.2. The van der Waals surface area contributed by atoms with Crippen molar-refractivity contribution < 1.29 is 24.0 Å². The third-order valence-corrected chi connectivity index (χ3v) is 3.21. The summed E-state index contributed by atoms with van der Waals surface area (Å²) in [5.74, 6) is -2.71. The monoisotopic (exact) mass is 296 g/mol. The number of hydrogen-bond donors (Lipinski definition) is 2. The first kappa shape index (κ1) is 14.9. The first-order valence-electron chi connectivity index (χ1n) is 6.34. The second-order valence-electron chi connectivity index (χ2n) is 4.92. The molecular weight excluding hydrogens is 283 g/mol. The van der Waals surface area contributed by atoms with Crippen molar-refractivity contribution in [2.24, 2.45) is 5.92 Å². The Labute approximate surface area is 118 Å². The summed E-state index contributed by atoms with van der Waals surface area (Å²) in [4.78, 5) is 32.5. The first-order chi connectivity index (χ1) is 9.88. The molecule has 0 aliphatic heterocycles. The predicted octanol–water partition coefficient (Wildman–Crippen LogP) is 1.26. The summed E-state index contributed by atoms with van der Waals surface area (Å²) >= 11 is 0. The van der Waals surface area contributed by atoms with E-state index in [4.69, 9.17) is 5.11 Å². The van der Waals surface area contributed by atoms with Crippen LogP contribution in [0.2, 0.25) is 0 Å². The summed E-state index contributed by atoms with van der Waals surface area (Å²) in [6, 6.07) is 1.97. The summed E-state index contributed by atoms with van der Waals surface area (Å²) in [6.45, 7) is 0. The van der Waals surface area contributed by atoms with Gasteiger partial charge in [0.05, 0.1) is 4.92 Å². The van der Waals surface area contributed by atoms with E-state index in [1.165, 1.54) is 6.07 Å². The third kappa shape index (κ3) is 3.74. The van der Waals surface area contributed by atoms with Crippen molar-refractivity contribution in [3.8, 4) is 0 Å². The molecule has 21 heavy (non-hydrogen) atoms. The number of aliphatic carboxylic acids is 1. The number of carboxylic acid groups (broad SMARTS) is 1. The van der Waals surface area contributed by atoms with Crippen LogP contribution in [0.4, 0.5) is 10.1 Å². The Balaban J connectivity index is 2.12. The van der Waals surface area contributed by atoms with Crippen LogP contribution in [-0.2, 0) is 16.0 Å². The number of hydrogen-bond acceptors (Lipinski definition) is 4. The number of nitro benzene ring substituents is 1. The van der Waals surface area contributed by atoms with Gasteiger partial charge in [0.1, 0.15) is 6.04 Å². The molecule has 2 rings (SSSR count). The summed E-state index contributed by atoms with van der Waals surface area (Å²) in [5, 5.41) is 22.1. The van der Waals surface area contributed by atoms with Gasteiger partial charge in [0.25, 0.3) is 0 Å². The van der Waals surface area contributed by atoms with E-state index in [1.54, 1.807) is 0 Å². The Bertz CT molecular complexity index is 600. The van der Waals surface area contributed by atoms with Crippen molar-refractivity contribution in [3.05, 3.63) is 39.7 Å². The largest absolute Gasteiger partial charge is 0.480 e. The van der Waals surface area contributed by atoms with Gasteiger partial charge in [-0.15, -0.1) is 0 Å². The quantitative estimate of drug-likeness (QED) is 0.606. The summed E-state index contributed by atoms with van der Waals surface area (Å²) in [7, 11) is 0. The van der Waals surface area contributed by atoms with Gasteiger partial charge in [0.2, 0.25) is 11.7 Å². The standard InChI is InChI=1S/C13H13FN2O5/c14-9-4-1-7(6-11(9)16(20)21)5-10(13(18)19)15-12(17)8-2-3-8/h1,4,6,8,10H,2-3,5H2,(H,15,17)(H,18,19)/t10-/m1/s1. The number of nitro groups is 1. The lowest BCUT2D eigenvalue weighted by molar-refractivity contribution is -0.387. The topological polar surface area (TPSA) is 110 Å². The molecule has 1 aromatic carbocycles.